The minimum atomic E-state index is -4.70. The van der Waals surface area contributed by atoms with Crippen LogP contribution in [0.2, 0.25) is 0 Å². The highest BCUT2D eigenvalue weighted by Crippen LogP contribution is 2.38. The molecule has 0 aliphatic rings. The summed E-state index contributed by atoms with van der Waals surface area (Å²) < 4.78 is 30.3. The fourth-order valence-electron chi connectivity index (χ4n) is 9.27. The molecule has 440 valence electrons. The fraction of sp³-hybridized carbons (Fsp3) is 0.846. The number of hydrogen-bond donors (Lipinski definition) is 1. The second kappa shape index (κ2) is 55.3. The average molecular weight is 1080 g/mol. The van der Waals surface area contributed by atoms with E-state index in [4.69, 9.17) is 13.8 Å². The Balaban J connectivity index is 5.23. The predicted octanol–water partition coefficient (Wildman–Crippen LogP) is 19.0. The molecule has 0 saturated carbocycles. The molecule has 0 aromatic carbocycles. The number of likely N-dealkylation sites (N-methyl/N-ethyl adjacent to an activating group) is 1. The van der Waals surface area contributed by atoms with Gasteiger partial charge in [0.25, 0.3) is 7.82 Å². The van der Waals surface area contributed by atoms with E-state index in [9.17, 15) is 19.0 Å². The highest BCUT2D eigenvalue weighted by atomic mass is 31.2. The van der Waals surface area contributed by atoms with Gasteiger partial charge in [0.1, 0.15) is 19.3 Å². The third-order valence-electron chi connectivity index (χ3n) is 14.3. The molecular weight excluding hydrogens is 952 g/mol. The van der Waals surface area contributed by atoms with Crippen molar-refractivity contribution < 1.29 is 37.3 Å². The lowest BCUT2D eigenvalue weighted by Crippen LogP contribution is -2.47. The Labute approximate surface area is 465 Å². The number of nitrogens with zero attached hydrogens (tertiary/aromatic N) is 1. The molecule has 0 saturated heterocycles. The van der Waals surface area contributed by atoms with E-state index < -0.39 is 26.6 Å². The van der Waals surface area contributed by atoms with Gasteiger partial charge >= 0.3 is 5.97 Å². The van der Waals surface area contributed by atoms with Gasteiger partial charge in [-0.25, -0.2) is 0 Å². The van der Waals surface area contributed by atoms with Gasteiger partial charge in [-0.3, -0.25) is 14.2 Å². The number of esters is 1. The zero-order valence-corrected chi connectivity index (χ0v) is 51.2. The summed E-state index contributed by atoms with van der Waals surface area (Å²) in [5.74, 6) is -0.546. The average Bonchev–Trinajstić information content (AvgIpc) is 3.37. The van der Waals surface area contributed by atoms with Crippen LogP contribution in [0.5, 0.6) is 0 Å². The third-order valence-corrected chi connectivity index (χ3v) is 15.2. The highest BCUT2D eigenvalue weighted by Gasteiger charge is 2.27. The molecule has 0 aromatic heterocycles. The number of carbonyl (C=O) groups is 2. The van der Waals surface area contributed by atoms with Crippen molar-refractivity contribution in [1.29, 1.82) is 0 Å². The number of nitrogens with one attached hydrogen (secondary N) is 1. The standard InChI is InChI=1S/C65H123N2O7P/c1-7-10-13-16-19-22-25-28-30-31-32-33-34-35-37-40-43-46-49-52-55-58-65(69)74-63(56-53-50-47-44-41-38-27-24-21-18-15-12-9-3)62(61-73-75(70,71)72-60-59-67(4,5)6)66-64(68)57-54-51-48-45-42-39-36-29-26-23-20-17-14-11-8-2/h20,23,26,28-30,53,56,62-63H,7-19,21-22,24-25,27,31-52,54-55,57-61H2,1-6H3,(H-,66,68,70,71)/b23-20+,29-26+,30-28+,56-53-. The summed E-state index contributed by atoms with van der Waals surface area (Å²) in [5, 5.41) is 3.03. The van der Waals surface area contributed by atoms with Gasteiger partial charge in [0.2, 0.25) is 5.91 Å². The van der Waals surface area contributed by atoms with E-state index in [1.54, 1.807) is 0 Å². The molecule has 10 heteroatoms. The third kappa shape index (κ3) is 56.5. The van der Waals surface area contributed by atoms with Crippen LogP contribution < -0.4 is 10.2 Å². The van der Waals surface area contributed by atoms with Crippen molar-refractivity contribution in [3.63, 3.8) is 0 Å². The van der Waals surface area contributed by atoms with Gasteiger partial charge in [-0.2, -0.15) is 0 Å². The summed E-state index contributed by atoms with van der Waals surface area (Å²) in [6.07, 6.45) is 67.9. The number of ether oxygens (including phenoxy) is 1. The number of phosphoric ester groups is 1. The summed E-state index contributed by atoms with van der Waals surface area (Å²) in [5.41, 5.74) is 0. The van der Waals surface area contributed by atoms with E-state index in [2.05, 4.69) is 62.5 Å². The number of rotatable bonds is 58. The zero-order valence-electron chi connectivity index (χ0n) is 50.3. The van der Waals surface area contributed by atoms with Crippen molar-refractivity contribution in [1.82, 2.24) is 5.32 Å². The van der Waals surface area contributed by atoms with Gasteiger partial charge in [0.15, 0.2) is 0 Å². The lowest BCUT2D eigenvalue weighted by atomic mass is 10.0. The molecule has 9 nitrogen and oxygen atoms in total. The van der Waals surface area contributed by atoms with Crippen molar-refractivity contribution in [2.75, 3.05) is 40.9 Å². The summed E-state index contributed by atoms with van der Waals surface area (Å²) >= 11 is 0. The summed E-state index contributed by atoms with van der Waals surface area (Å²) in [7, 11) is 1.18. The molecule has 0 radical (unpaired) electrons. The molecule has 3 unspecified atom stereocenters. The second-order valence-corrected chi connectivity index (χ2v) is 24.3. The maximum absolute atomic E-state index is 13.5. The molecule has 3 atom stereocenters. The number of phosphoric acid groups is 1. The minimum Gasteiger partial charge on any atom is -0.756 e. The molecule has 0 aliphatic carbocycles. The lowest BCUT2D eigenvalue weighted by Gasteiger charge is -2.30. The van der Waals surface area contributed by atoms with Crippen molar-refractivity contribution in [3.8, 4) is 0 Å². The SMILES string of the molecule is CCCCC/C=C/C=C/CCCCCCCCC(=O)NC(COP(=O)([O-])OCC[N+](C)(C)C)C(/C=C\CCCCCCCCCCCCC)OC(=O)CCCCCCCCCCCCC/C=C/CCCCCCCC. The van der Waals surface area contributed by atoms with Gasteiger partial charge in [0.05, 0.1) is 33.8 Å². The molecular formula is C65H123N2O7P. The van der Waals surface area contributed by atoms with Gasteiger partial charge in [0, 0.05) is 12.8 Å². The van der Waals surface area contributed by atoms with E-state index in [1.165, 1.54) is 186 Å². The van der Waals surface area contributed by atoms with Gasteiger partial charge < -0.3 is 28.5 Å². The fourth-order valence-corrected chi connectivity index (χ4v) is 10.00. The maximum atomic E-state index is 13.5. The van der Waals surface area contributed by atoms with Gasteiger partial charge in [-0.1, -0.05) is 256 Å². The van der Waals surface area contributed by atoms with E-state index in [-0.39, 0.29) is 24.9 Å². The molecule has 0 aromatic rings. The Morgan fingerprint density at radius 2 is 0.813 bits per heavy atom. The van der Waals surface area contributed by atoms with Crippen molar-refractivity contribution >= 4 is 19.7 Å². The molecule has 0 heterocycles. The first-order valence-corrected chi connectivity index (χ1v) is 33.4. The normalized spacial score (nSPS) is 14.0. The lowest BCUT2D eigenvalue weighted by molar-refractivity contribution is -0.870. The smallest absolute Gasteiger partial charge is 0.306 e. The van der Waals surface area contributed by atoms with Gasteiger partial charge in [-0.05, 0) is 83.1 Å². The zero-order chi connectivity index (χ0) is 55.0. The van der Waals surface area contributed by atoms with Crippen molar-refractivity contribution in [2.45, 2.75) is 315 Å². The van der Waals surface area contributed by atoms with E-state index in [1.807, 2.05) is 33.3 Å². The summed E-state index contributed by atoms with van der Waals surface area (Å²) in [4.78, 5) is 40.0. The predicted molar refractivity (Wildman–Crippen MR) is 321 cm³/mol. The number of unbranched alkanes of at least 4 members (excludes halogenated alkanes) is 37. The molecule has 1 N–H and O–H groups in total. The van der Waals surface area contributed by atoms with Crippen LogP contribution in [0.4, 0.5) is 0 Å². The Bertz CT molecular complexity index is 1420. The maximum Gasteiger partial charge on any atom is 0.306 e. The van der Waals surface area contributed by atoms with E-state index >= 15 is 0 Å². The Hall–Kier alpha value is -2.03. The number of allylic oxidation sites excluding steroid dienone is 7. The number of amides is 1. The molecule has 0 spiro atoms. The Morgan fingerprint density at radius 1 is 0.467 bits per heavy atom. The quantitative estimate of drug-likeness (QED) is 0.0161. The monoisotopic (exact) mass is 1070 g/mol. The molecule has 0 bridgehead atoms. The van der Waals surface area contributed by atoms with Crippen molar-refractivity contribution in [2.24, 2.45) is 0 Å². The topological polar surface area (TPSA) is 114 Å². The second-order valence-electron chi connectivity index (χ2n) is 22.9. The van der Waals surface area contributed by atoms with Crippen LogP contribution in [-0.2, 0) is 27.9 Å². The van der Waals surface area contributed by atoms with Gasteiger partial charge in [-0.15, -0.1) is 0 Å². The van der Waals surface area contributed by atoms with Crippen LogP contribution >= 0.6 is 7.82 Å². The summed E-state index contributed by atoms with van der Waals surface area (Å²) in [6, 6.07) is -0.893. The Kier molecular flexibility index (Phi) is 53.8. The first kappa shape index (κ1) is 73.0. The minimum absolute atomic E-state index is 0.0243. The van der Waals surface area contributed by atoms with E-state index in [0.29, 0.717) is 17.4 Å². The van der Waals surface area contributed by atoms with Crippen molar-refractivity contribution in [3.05, 3.63) is 48.6 Å². The molecule has 1 amide bonds. The largest absolute Gasteiger partial charge is 0.756 e. The number of carbonyl (C=O) groups excluding carboxylic acids is 2. The first-order valence-electron chi connectivity index (χ1n) is 32.0. The number of quaternary nitrogens is 1. The molecule has 75 heavy (non-hydrogen) atoms. The van der Waals surface area contributed by atoms with Crippen LogP contribution in [0.15, 0.2) is 48.6 Å². The van der Waals surface area contributed by atoms with Crippen LogP contribution in [-0.4, -0.2) is 69.4 Å². The molecule has 0 rings (SSSR count). The van der Waals surface area contributed by atoms with Crippen LogP contribution in [0.1, 0.15) is 303 Å². The molecule has 0 fully saturated rings. The van der Waals surface area contributed by atoms with Crippen LogP contribution in [0, 0.1) is 0 Å². The van der Waals surface area contributed by atoms with Crippen LogP contribution in [0.25, 0.3) is 0 Å². The van der Waals surface area contributed by atoms with E-state index in [0.717, 1.165) is 83.5 Å². The van der Waals surface area contributed by atoms with Crippen LogP contribution in [0.3, 0.4) is 0 Å². The first-order chi connectivity index (χ1) is 36.4. The number of hydrogen-bond acceptors (Lipinski definition) is 7. The highest BCUT2D eigenvalue weighted by molar-refractivity contribution is 7.45. The molecule has 0 aliphatic heterocycles. The Morgan fingerprint density at radius 3 is 1.24 bits per heavy atom. The summed E-state index contributed by atoms with van der Waals surface area (Å²) in [6.45, 7) is 6.83.